The molecule has 0 spiro atoms. The van der Waals surface area contributed by atoms with Crippen LogP contribution in [0.5, 0.6) is 0 Å². The Balaban J connectivity index is 1.11. The van der Waals surface area contributed by atoms with Crippen molar-refractivity contribution in [2.45, 2.75) is 57.3 Å². The summed E-state index contributed by atoms with van der Waals surface area (Å²) >= 11 is 2.87. The summed E-state index contributed by atoms with van der Waals surface area (Å²) < 4.78 is 0. The largest absolute Gasteiger partial charge is 0.300 e. The Morgan fingerprint density at radius 3 is 2.08 bits per heavy atom. The number of amides is 2. The van der Waals surface area contributed by atoms with Crippen LogP contribution in [0.15, 0.2) is 49.1 Å². The Morgan fingerprint density at radius 1 is 0.868 bits per heavy atom. The Morgan fingerprint density at radius 2 is 1.47 bits per heavy atom. The number of nitrogens with zero attached hydrogens (tertiary/aromatic N) is 6. The minimum atomic E-state index is -0.327. The maximum Gasteiger partial charge on any atom is 0.233 e. The summed E-state index contributed by atoms with van der Waals surface area (Å²) in [5.41, 5.74) is 1.71. The average molecular weight is 549 g/mol. The molecular formula is C26H28N8O2S2. The summed E-state index contributed by atoms with van der Waals surface area (Å²) in [6.45, 7) is 3.69. The van der Waals surface area contributed by atoms with Gasteiger partial charge in [0.2, 0.25) is 22.1 Å². The number of anilines is 2. The highest BCUT2D eigenvalue weighted by atomic mass is 32.1. The third kappa shape index (κ3) is 6.25. The SMILES string of the molecule is C[C@H](C(=O)Nc1nnc(C[C@H]2CC[C@@H](c3nnc(NC(=O)[C@H](C)c4cccnc4)s3)C2)s1)c1cccnc1. The van der Waals surface area contributed by atoms with Gasteiger partial charge in [0.1, 0.15) is 10.0 Å². The van der Waals surface area contributed by atoms with Gasteiger partial charge in [-0.1, -0.05) is 34.8 Å². The van der Waals surface area contributed by atoms with E-state index in [1.807, 2.05) is 38.1 Å². The molecule has 2 amide bonds. The summed E-state index contributed by atoms with van der Waals surface area (Å²) in [5, 5.41) is 25.7. The molecule has 196 valence electrons. The lowest BCUT2D eigenvalue weighted by Crippen LogP contribution is -2.18. The highest BCUT2D eigenvalue weighted by Crippen LogP contribution is 2.41. The van der Waals surface area contributed by atoms with Crippen LogP contribution in [0, 0.1) is 5.92 Å². The van der Waals surface area contributed by atoms with E-state index in [-0.39, 0.29) is 23.7 Å². The van der Waals surface area contributed by atoms with E-state index in [2.05, 4.69) is 41.0 Å². The molecular weight excluding hydrogens is 520 g/mol. The van der Waals surface area contributed by atoms with Gasteiger partial charge < -0.3 is 10.6 Å². The molecule has 0 radical (unpaired) electrons. The molecule has 0 bridgehead atoms. The lowest BCUT2D eigenvalue weighted by molar-refractivity contribution is -0.118. The van der Waals surface area contributed by atoms with Crippen molar-refractivity contribution >= 4 is 44.8 Å². The molecule has 0 aromatic carbocycles. The number of carbonyl (C=O) groups is 2. The van der Waals surface area contributed by atoms with Crippen LogP contribution in [0.25, 0.3) is 0 Å². The third-order valence-corrected chi connectivity index (χ3v) is 8.74. The predicted octanol–water partition coefficient (Wildman–Crippen LogP) is 4.79. The van der Waals surface area contributed by atoms with E-state index in [9.17, 15) is 9.59 Å². The lowest BCUT2D eigenvalue weighted by atomic mass is 10.0. The van der Waals surface area contributed by atoms with Gasteiger partial charge in [0, 0.05) is 37.1 Å². The summed E-state index contributed by atoms with van der Waals surface area (Å²) in [7, 11) is 0. The molecule has 5 rings (SSSR count). The first-order chi connectivity index (χ1) is 18.5. The van der Waals surface area contributed by atoms with Crippen LogP contribution in [0.2, 0.25) is 0 Å². The standard InChI is InChI=1S/C26H28N8O2S2/c1-15(19-5-3-9-27-13-19)22(35)29-25-33-31-21(37-25)12-17-7-8-18(11-17)24-32-34-26(38-24)30-23(36)16(2)20-6-4-10-28-14-20/h3-6,9-10,13-18H,7-8,11-12H2,1-2H3,(H,29,33,35)(H,30,34,36)/t15-,16+,17-,18+/m0/s1. The maximum atomic E-state index is 12.6. The van der Waals surface area contributed by atoms with E-state index in [4.69, 9.17) is 0 Å². The Bertz CT molecular complexity index is 1380. The Labute approximate surface area is 228 Å². The molecule has 1 aliphatic rings. The number of nitrogens with one attached hydrogen (secondary N) is 2. The van der Waals surface area contributed by atoms with Crippen molar-refractivity contribution in [1.82, 2.24) is 30.4 Å². The molecule has 4 heterocycles. The fourth-order valence-electron chi connectivity index (χ4n) is 4.56. The summed E-state index contributed by atoms with van der Waals surface area (Å²) in [4.78, 5) is 33.4. The van der Waals surface area contributed by atoms with Gasteiger partial charge in [-0.25, -0.2) is 0 Å². The minimum absolute atomic E-state index is 0.126. The van der Waals surface area contributed by atoms with Crippen molar-refractivity contribution in [3.05, 3.63) is 70.2 Å². The number of hydrogen-bond acceptors (Lipinski definition) is 10. The highest BCUT2D eigenvalue weighted by molar-refractivity contribution is 7.15. The fraction of sp³-hybridized carbons (Fsp3) is 0.385. The molecule has 0 saturated heterocycles. The van der Waals surface area contributed by atoms with Gasteiger partial charge in [-0.3, -0.25) is 19.6 Å². The molecule has 1 aliphatic carbocycles. The van der Waals surface area contributed by atoms with Crippen molar-refractivity contribution in [3.8, 4) is 0 Å². The van der Waals surface area contributed by atoms with E-state index in [1.54, 1.807) is 24.8 Å². The van der Waals surface area contributed by atoms with E-state index in [0.717, 1.165) is 46.8 Å². The first-order valence-electron chi connectivity index (χ1n) is 12.5. The number of aromatic nitrogens is 6. The molecule has 0 aliphatic heterocycles. The zero-order chi connectivity index (χ0) is 26.5. The zero-order valence-corrected chi connectivity index (χ0v) is 22.7. The Kier molecular flexibility index (Phi) is 8.08. The number of carbonyl (C=O) groups excluding carboxylic acids is 2. The number of rotatable bonds is 9. The smallest absolute Gasteiger partial charge is 0.233 e. The van der Waals surface area contributed by atoms with Gasteiger partial charge in [0.25, 0.3) is 0 Å². The van der Waals surface area contributed by atoms with Crippen molar-refractivity contribution in [2.24, 2.45) is 5.92 Å². The van der Waals surface area contributed by atoms with Crippen LogP contribution in [-0.2, 0) is 16.0 Å². The molecule has 4 atom stereocenters. The van der Waals surface area contributed by atoms with Gasteiger partial charge in [-0.15, -0.1) is 20.4 Å². The number of hydrogen-bond donors (Lipinski definition) is 2. The molecule has 10 nitrogen and oxygen atoms in total. The van der Waals surface area contributed by atoms with Gasteiger partial charge >= 0.3 is 0 Å². The van der Waals surface area contributed by atoms with E-state index >= 15 is 0 Å². The molecule has 4 aromatic heterocycles. The van der Waals surface area contributed by atoms with Crippen molar-refractivity contribution < 1.29 is 9.59 Å². The second-order valence-corrected chi connectivity index (χ2v) is 11.6. The molecule has 1 saturated carbocycles. The van der Waals surface area contributed by atoms with Gasteiger partial charge in [0.05, 0.1) is 11.8 Å². The molecule has 1 fully saturated rings. The second kappa shape index (κ2) is 11.8. The van der Waals surface area contributed by atoms with Crippen molar-refractivity contribution in [3.63, 3.8) is 0 Å². The van der Waals surface area contributed by atoms with Crippen LogP contribution in [0.3, 0.4) is 0 Å². The van der Waals surface area contributed by atoms with E-state index in [1.165, 1.54) is 22.7 Å². The number of pyridine rings is 2. The fourth-order valence-corrected chi connectivity index (χ4v) is 6.31. The Hall–Kier alpha value is -3.64. The minimum Gasteiger partial charge on any atom is -0.300 e. The first kappa shape index (κ1) is 26.0. The predicted molar refractivity (Wildman–Crippen MR) is 146 cm³/mol. The first-order valence-corrected chi connectivity index (χ1v) is 14.2. The zero-order valence-electron chi connectivity index (χ0n) is 21.1. The van der Waals surface area contributed by atoms with Crippen LogP contribution < -0.4 is 10.6 Å². The van der Waals surface area contributed by atoms with Crippen LogP contribution in [-0.4, -0.2) is 42.2 Å². The van der Waals surface area contributed by atoms with E-state index < -0.39 is 0 Å². The molecule has 2 N–H and O–H groups in total. The van der Waals surface area contributed by atoms with Crippen LogP contribution in [0.1, 0.15) is 72.0 Å². The second-order valence-electron chi connectivity index (χ2n) is 9.52. The summed E-state index contributed by atoms with van der Waals surface area (Å²) in [5.74, 6) is -0.141. The monoisotopic (exact) mass is 548 g/mol. The molecule has 0 unspecified atom stereocenters. The van der Waals surface area contributed by atoms with Gasteiger partial charge in [-0.05, 0) is 62.3 Å². The van der Waals surface area contributed by atoms with Crippen LogP contribution >= 0.6 is 22.7 Å². The third-order valence-electron chi connectivity index (χ3n) is 6.88. The topological polar surface area (TPSA) is 136 Å². The maximum absolute atomic E-state index is 12.6. The quantitative estimate of drug-likeness (QED) is 0.305. The lowest BCUT2D eigenvalue weighted by Gasteiger charge is -2.10. The molecule has 38 heavy (non-hydrogen) atoms. The van der Waals surface area contributed by atoms with Gasteiger partial charge in [-0.2, -0.15) is 0 Å². The highest BCUT2D eigenvalue weighted by Gasteiger charge is 2.30. The molecule has 4 aromatic rings. The summed E-state index contributed by atoms with van der Waals surface area (Å²) in [6, 6.07) is 7.41. The van der Waals surface area contributed by atoms with Gasteiger partial charge in [0.15, 0.2) is 0 Å². The van der Waals surface area contributed by atoms with Crippen molar-refractivity contribution in [1.29, 1.82) is 0 Å². The average Bonchev–Trinajstić information content (AvgIpc) is 3.71. The normalized spacial score (nSPS) is 18.6. The summed E-state index contributed by atoms with van der Waals surface area (Å²) in [6.07, 6.45) is 10.6. The van der Waals surface area contributed by atoms with E-state index in [0.29, 0.717) is 22.1 Å². The van der Waals surface area contributed by atoms with Crippen molar-refractivity contribution in [2.75, 3.05) is 10.6 Å². The van der Waals surface area contributed by atoms with Crippen LogP contribution in [0.4, 0.5) is 10.3 Å². The molecule has 12 heteroatoms.